The van der Waals surface area contributed by atoms with E-state index >= 15 is 0 Å². The van der Waals surface area contributed by atoms with Gasteiger partial charge in [0.15, 0.2) is 5.11 Å². The minimum atomic E-state index is -0.268. The van der Waals surface area contributed by atoms with Crippen LogP contribution in [0.25, 0.3) is 0 Å². The number of hydrogen-bond donors (Lipinski definition) is 2. The van der Waals surface area contributed by atoms with E-state index in [-0.39, 0.29) is 17.1 Å². The lowest BCUT2D eigenvalue weighted by Crippen LogP contribution is -2.38. The van der Waals surface area contributed by atoms with Gasteiger partial charge in [-0.05, 0) is 68.4 Å². The maximum absolute atomic E-state index is 12.3. The predicted molar refractivity (Wildman–Crippen MR) is 111 cm³/mol. The molecule has 2 aromatic carbocycles. The van der Waals surface area contributed by atoms with Crippen LogP contribution < -0.4 is 20.1 Å². The minimum Gasteiger partial charge on any atom is -0.494 e. The molecule has 6 heteroatoms. The molecular weight excluding hydrogens is 360 g/mol. The number of carbonyl (C=O) groups is 1. The minimum absolute atomic E-state index is 0.141. The average Bonchev–Trinajstić information content (AvgIpc) is 2.65. The SMILES string of the molecule is CCCOc1cccc(C(=O)NC(=S)NCc2ccc(OC(C)C)cc2)c1. The van der Waals surface area contributed by atoms with Gasteiger partial charge in [-0.3, -0.25) is 10.1 Å². The van der Waals surface area contributed by atoms with Gasteiger partial charge in [-0.1, -0.05) is 25.1 Å². The first-order valence-electron chi connectivity index (χ1n) is 9.05. The number of benzene rings is 2. The van der Waals surface area contributed by atoms with Crippen molar-refractivity contribution < 1.29 is 14.3 Å². The van der Waals surface area contributed by atoms with Crippen molar-refractivity contribution in [2.24, 2.45) is 0 Å². The van der Waals surface area contributed by atoms with Crippen LogP contribution in [0, 0.1) is 0 Å². The summed E-state index contributed by atoms with van der Waals surface area (Å²) >= 11 is 5.22. The summed E-state index contributed by atoms with van der Waals surface area (Å²) in [5.74, 6) is 1.23. The average molecular weight is 387 g/mol. The first-order chi connectivity index (χ1) is 13.0. The van der Waals surface area contributed by atoms with Crippen LogP contribution in [-0.2, 0) is 6.54 Å². The third-order valence-electron chi connectivity index (χ3n) is 3.54. The number of hydrogen-bond acceptors (Lipinski definition) is 4. The van der Waals surface area contributed by atoms with Gasteiger partial charge in [0.2, 0.25) is 0 Å². The quantitative estimate of drug-likeness (QED) is 0.670. The lowest BCUT2D eigenvalue weighted by Gasteiger charge is -2.12. The zero-order valence-corrected chi connectivity index (χ0v) is 16.8. The zero-order valence-electron chi connectivity index (χ0n) is 16.0. The molecule has 0 aliphatic rings. The summed E-state index contributed by atoms with van der Waals surface area (Å²) in [5, 5.41) is 6.00. The molecular formula is C21H26N2O3S. The van der Waals surface area contributed by atoms with Crippen molar-refractivity contribution in [3.63, 3.8) is 0 Å². The van der Waals surface area contributed by atoms with Gasteiger partial charge in [-0.2, -0.15) is 0 Å². The normalized spacial score (nSPS) is 10.4. The molecule has 2 rings (SSSR count). The van der Waals surface area contributed by atoms with Gasteiger partial charge < -0.3 is 14.8 Å². The largest absolute Gasteiger partial charge is 0.494 e. The molecule has 0 fully saturated rings. The van der Waals surface area contributed by atoms with Crippen LogP contribution >= 0.6 is 12.2 Å². The Morgan fingerprint density at radius 1 is 1.11 bits per heavy atom. The third-order valence-corrected chi connectivity index (χ3v) is 3.79. The Morgan fingerprint density at radius 3 is 2.52 bits per heavy atom. The number of amides is 1. The summed E-state index contributed by atoms with van der Waals surface area (Å²) in [4.78, 5) is 12.3. The predicted octanol–water partition coefficient (Wildman–Crippen LogP) is 4.07. The Morgan fingerprint density at radius 2 is 1.85 bits per heavy atom. The lowest BCUT2D eigenvalue weighted by atomic mass is 10.2. The fourth-order valence-electron chi connectivity index (χ4n) is 2.31. The molecule has 5 nitrogen and oxygen atoms in total. The van der Waals surface area contributed by atoms with E-state index in [0.29, 0.717) is 24.5 Å². The topological polar surface area (TPSA) is 59.6 Å². The molecule has 0 radical (unpaired) electrons. The van der Waals surface area contributed by atoms with Crippen LogP contribution in [0.1, 0.15) is 43.1 Å². The maximum Gasteiger partial charge on any atom is 0.257 e. The first-order valence-corrected chi connectivity index (χ1v) is 9.46. The van der Waals surface area contributed by atoms with Crippen molar-refractivity contribution in [1.29, 1.82) is 0 Å². The molecule has 2 aromatic rings. The van der Waals surface area contributed by atoms with Crippen LogP contribution in [0.5, 0.6) is 11.5 Å². The van der Waals surface area contributed by atoms with Crippen LogP contribution in [0.15, 0.2) is 48.5 Å². The number of ether oxygens (including phenoxy) is 2. The smallest absolute Gasteiger partial charge is 0.257 e. The van der Waals surface area contributed by atoms with Gasteiger partial charge in [-0.25, -0.2) is 0 Å². The summed E-state index contributed by atoms with van der Waals surface area (Å²) in [6, 6.07) is 14.8. The maximum atomic E-state index is 12.3. The highest BCUT2D eigenvalue weighted by Gasteiger charge is 2.09. The van der Waals surface area contributed by atoms with Crippen molar-refractivity contribution >= 4 is 23.2 Å². The van der Waals surface area contributed by atoms with E-state index in [0.717, 1.165) is 17.7 Å². The molecule has 0 bridgehead atoms. The van der Waals surface area contributed by atoms with Gasteiger partial charge in [0.25, 0.3) is 5.91 Å². The van der Waals surface area contributed by atoms with Gasteiger partial charge in [-0.15, -0.1) is 0 Å². The Balaban J connectivity index is 1.83. The van der Waals surface area contributed by atoms with Gasteiger partial charge in [0.1, 0.15) is 11.5 Å². The van der Waals surface area contributed by atoms with E-state index in [1.54, 1.807) is 18.2 Å². The van der Waals surface area contributed by atoms with Crippen LogP contribution in [0.2, 0.25) is 0 Å². The summed E-state index contributed by atoms with van der Waals surface area (Å²) in [7, 11) is 0. The zero-order chi connectivity index (χ0) is 19.6. The Kier molecular flexibility index (Phi) is 8.07. The van der Waals surface area contributed by atoms with Crippen molar-refractivity contribution in [3.8, 4) is 11.5 Å². The highest BCUT2D eigenvalue weighted by molar-refractivity contribution is 7.80. The van der Waals surface area contributed by atoms with Crippen molar-refractivity contribution in [1.82, 2.24) is 10.6 Å². The van der Waals surface area contributed by atoms with Crippen molar-refractivity contribution in [2.45, 2.75) is 39.8 Å². The molecule has 0 aromatic heterocycles. The summed E-state index contributed by atoms with van der Waals surface area (Å²) in [6.45, 7) is 7.14. The number of carbonyl (C=O) groups excluding carboxylic acids is 1. The Bertz CT molecular complexity index is 760. The second-order valence-electron chi connectivity index (χ2n) is 6.32. The van der Waals surface area contributed by atoms with Crippen LogP contribution in [0.3, 0.4) is 0 Å². The number of nitrogens with one attached hydrogen (secondary N) is 2. The number of thiocarbonyl (C=S) groups is 1. The molecule has 0 aliphatic carbocycles. The second-order valence-corrected chi connectivity index (χ2v) is 6.73. The third kappa shape index (κ3) is 7.27. The highest BCUT2D eigenvalue weighted by atomic mass is 32.1. The van der Waals surface area contributed by atoms with E-state index in [4.69, 9.17) is 21.7 Å². The lowest BCUT2D eigenvalue weighted by molar-refractivity contribution is 0.0976. The first kappa shape index (κ1) is 20.7. The molecule has 0 saturated heterocycles. The summed E-state index contributed by atoms with van der Waals surface area (Å²) < 4.78 is 11.2. The van der Waals surface area contributed by atoms with E-state index in [9.17, 15) is 4.79 Å². The molecule has 0 saturated carbocycles. The van der Waals surface area contributed by atoms with Gasteiger partial charge in [0, 0.05) is 12.1 Å². The fraction of sp³-hybridized carbons (Fsp3) is 0.333. The molecule has 0 aliphatic heterocycles. The van der Waals surface area contributed by atoms with E-state index in [1.807, 2.05) is 51.1 Å². The summed E-state index contributed by atoms with van der Waals surface area (Å²) in [5.41, 5.74) is 1.54. The van der Waals surface area contributed by atoms with Gasteiger partial charge in [0.05, 0.1) is 12.7 Å². The number of rotatable bonds is 8. The molecule has 0 unspecified atom stereocenters. The van der Waals surface area contributed by atoms with Crippen molar-refractivity contribution in [2.75, 3.05) is 6.61 Å². The summed E-state index contributed by atoms with van der Waals surface area (Å²) in [6.07, 6.45) is 1.05. The molecule has 144 valence electrons. The molecule has 27 heavy (non-hydrogen) atoms. The fourth-order valence-corrected chi connectivity index (χ4v) is 2.47. The Hall–Kier alpha value is -2.60. The monoisotopic (exact) mass is 386 g/mol. The van der Waals surface area contributed by atoms with Crippen molar-refractivity contribution in [3.05, 3.63) is 59.7 Å². The molecule has 0 atom stereocenters. The van der Waals surface area contributed by atoms with E-state index in [1.165, 1.54) is 0 Å². The standard InChI is InChI=1S/C21H26N2O3S/c1-4-12-25-19-7-5-6-17(13-19)20(24)23-21(27)22-14-16-8-10-18(11-9-16)26-15(2)3/h5-11,13,15H,4,12,14H2,1-3H3,(H2,22,23,24,27). The van der Waals surface area contributed by atoms with E-state index in [2.05, 4.69) is 10.6 Å². The molecule has 0 spiro atoms. The molecule has 1 amide bonds. The van der Waals surface area contributed by atoms with Crippen LogP contribution in [0.4, 0.5) is 0 Å². The molecule has 0 heterocycles. The highest BCUT2D eigenvalue weighted by Crippen LogP contribution is 2.14. The van der Waals surface area contributed by atoms with Crippen LogP contribution in [-0.4, -0.2) is 23.7 Å². The second kappa shape index (κ2) is 10.5. The Labute approximate surface area is 166 Å². The molecule has 2 N–H and O–H groups in total. The van der Waals surface area contributed by atoms with E-state index < -0.39 is 0 Å². The van der Waals surface area contributed by atoms with Gasteiger partial charge >= 0.3 is 0 Å².